The molecular weight excluding hydrogens is 448 g/mol. The third-order valence-corrected chi connectivity index (χ3v) is 8.32. The van der Waals surface area contributed by atoms with Gasteiger partial charge in [-0.25, -0.2) is 8.42 Å². The number of sulfonamides is 1. The van der Waals surface area contributed by atoms with Crippen LogP contribution in [-0.4, -0.2) is 69.2 Å². The van der Waals surface area contributed by atoms with Crippen molar-refractivity contribution in [3.63, 3.8) is 0 Å². The molecule has 0 unspecified atom stereocenters. The fraction of sp³-hybridized carbons (Fsp3) is 0.632. The number of piperidine rings is 1. The van der Waals surface area contributed by atoms with E-state index in [1.54, 1.807) is 17.0 Å². The molecule has 0 radical (unpaired) electrons. The first-order chi connectivity index (χ1) is 13.5. The molecule has 3 aliphatic heterocycles. The van der Waals surface area contributed by atoms with Gasteiger partial charge in [0.2, 0.25) is 10.0 Å². The van der Waals surface area contributed by atoms with Crippen LogP contribution in [0.5, 0.6) is 0 Å². The second kappa shape index (κ2) is 8.39. The Bertz CT molecular complexity index is 827. The fourth-order valence-electron chi connectivity index (χ4n) is 4.10. The van der Waals surface area contributed by atoms with E-state index in [0.717, 1.165) is 25.7 Å². The molecule has 9 heteroatoms. The van der Waals surface area contributed by atoms with Crippen molar-refractivity contribution in [1.82, 2.24) is 9.21 Å². The van der Waals surface area contributed by atoms with Crippen LogP contribution in [0, 0.1) is 5.92 Å². The minimum absolute atomic E-state index is 0.142. The molecule has 3 fully saturated rings. The van der Waals surface area contributed by atoms with Crippen LogP contribution in [0.25, 0.3) is 0 Å². The summed E-state index contributed by atoms with van der Waals surface area (Å²) in [6.45, 7) is 3.58. The number of nitrogens with zero attached hydrogens (tertiary/aromatic N) is 2. The molecule has 0 N–H and O–H groups in total. The first-order valence-electron chi connectivity index (χ1n) is 9.79. The first-order valence-corrected chi connectivity index (χ1v) is 12.0. The lowest BCUT2D eigenvalue weighted by atomic mass is 9.95. The molecule has 28 heavy (non-hydrogen) atoms. The molecule has 1 amide bonds. The smallest absolute Gasteiger partial charge is 0.255 e. The van der Waals surface area contributed by atoms with E-state index >= 15 is 0 Å². The monoisotopic (exact) mass is 472 g/mol. The van der Waals surface area contributed by atoms with Crippen molar-refractivity contribution in [3.05, 3.63) is 28.2 Å². The van der Waals surface area contributed by atoms with Crippen molar-refractivity contribution >= 4 is 31.9 Å². The Hall–Kier alpha value is -1.00. The molecule has 154 valence electrons. The number of hydrogen-bond acceptors (Lipinski definition) is 5. The zero-order chi connectivity index (χ0) is 19.7. The van der Waals surface area contributed by atoms with E-state index in [-0.39, 0.29) is 17.1 Å². The van der Waals surface area contributed by atoms with Gasteiger partial charge in [-0.05, 0) is 59.8 Å². The van der Waals surface area contributed by atoms with Crippen LogP contribution >= 0.6 is 15.9 Å². The average molecular weight is 473 g/mol. The van der Waals surface area contributed by atoms with Crippen molar-refractivity contribution in [2.24, 2.45) is 5.92 Å². The van der Waals surface area contributed by atoms with E-state index in [4.69, 9.17) is 9.47 Å². The highest BCUT2D eigenvalue weighted by molar-refractivity contribution is 9.10. The standard InChI is InChI=1S/C19H25BrN2O5S/c20-17-4-3-15(28(24,25)22-7-1-2-8-22)13-16(17)18(23)21-9-5-14(6-10-21)19-26-11-12-27-19/h3-4,13-14,19H,1-2,5-12H2. The molecule has 4 rings (SSSR count). The number of ether oxygens (including phenoxy) is 2. The lowest BCUT2D eigenvalue weighted by Gasteiger charge is -2.34. The van der Waals surface area contributed by atoms with Gasteiger partial charge in [-0.2, -0.15) is 4.31 Å². The number of benzene rings is 1. The largest absolute Gasteiger partial charge is 0.350 e. The van der Waals surface area contributed by atoms with E-state index in [2.05, 4.69) is 15.9 Å². The molecule has 3 aliphatic rings. The second-order valence-corrected chi connectivity index (χ2v) is 10.3. The summed E-state index contributed by atoms with van der Waals surface area (Å²) in [6, 6.07) is 4.73. The van der Waals surface area contributed by atoms with Gasteiger partial charge >= 0.3 is 0 Å². The molecule has 1 aromatic carbocycles. The number of halogens is 1. The molecule has 3 saturated heterocycles. The Kier molecular flexibility index (Phi) is 6.08. The summed E-state index contributed by atoms with van der Waals surface area (Å²) in [4.78, 5) is 15.0. The van der Waals surface area contributed by atoms with Crippen LogP contribution in [0.1, 0.15) is 36.0 Å². The van der Waals surface area contributed by atoms with Crippen molar-refractivity contribution in [3.8, 4) is 0 Å². The lowest BCUT2D eigenvalue weighted by molar-refractivity contribution is -0.0956. The third-order valence-electron chi connectivity index (χ3n) is 5.73. The number of hydrogen-bond donors (Lipinski definition) is 0. The van der Waals surface area contributed by atoms with Gasteiger partial charge in [-0.3, -0.25) is 4.79 Å². The normalized spacial score (nSPS) is 22.8. The van der Waals surface area contributed by atoms with E-state index in [0.29, 0.717) is 55.3 Å². The van der Waals surface area contributed by atoms with E-state index < -0.39 is 10.0 Å². The summed E-state index contributed by atoms with van der Waals surface area (Å²) >= 11 is 3.42. The average Bonchev–Trinajstić information content (AvgIpc) is 3.42. The van der Waals surface area contributed by atoms with Gasteiger partial charge in [0.1, 0.15) is 0 Å². The Balaban J connectivity index is 1.48. The molecule has 7 nitrogen and oxygen atoms in total. The molecular formula is C19H25BrN2O5S. The van der Waals surface area contributed by atoms with Crippen LogP contribution in [0.3, 0.4) is 0 Å². The van der Waals surface area contributed by atoms with Crippen molar-refractivity contribution in [2.45, 2.75) is 36.9 Å². The molecule has 0 saturated carbocycles. The Labute approximate surface area is 174 Å². The van der Waals surface area contributed by atoms with Gasteiger partial charge in [-0.15, -0.1) is 0 Å². The molecule has 0 atom stereocenters. The summed E-state index contributed by atoms with van der Waals surface area (Å²) in [5.41, 5.74) is 0.395. The third kappa shape index (κ3) is 4.00. The predicted molar refractivity (Wildman–Crippen MR) is 106 cm³/mol. The highest BCUT2D eigenvalue weighted by atomic mass is 79.9. The molecule has 3 heterocycles. The number of carbonyl (C=O) groups is 1. The Morgan fingerprint density at radius 2 is 1.68 bits per heavy atom. The summed E-state index contributed by atoms with van der Waals surface area (Å²) in [5, 5.41) is 0. The van der Waals surface area contributed by atoms with Crippen molar-refractivity contribution < 1.29 is 22.7 Å². The van der Waals surface area contributed by atoms with Gasteiger partial charge in [-0.1, -0.05) is 0 Å². The van der Waals surface area contributed by atoms with E-state index in [1.807, 2.05) is 0 Å². The highest BCUT2D eigenvalue weighted by Gasteiger charge is 2.33. The maximum Gasteiger partial charge on any atom is 0.255 e. The summed E-state index contributed by atoms with van der Waals surface area (Å²) in [7, 11) is -3.55. The van der Waals surface area contributed by atoms with Crippen LogP contribution < -0.4 is 0 Å². The van der Waals surface area contributed by atoms with Crippen LogP contribution in [0.2, 0.25) is 0 Å². The summed E-state index contributed by atoms with van der Waals surface area (Å²) in [6.07, 6.45) is 3.24. The van der Waals surface area contributed by atoms with Crippen LogP contribution in [-0.2, 0) is 19.5 Å². The SMILES string of the molecule is O=C(c1cc(S(=O)(=O)N2CCCC2)ccc1Br)N1CCC(C2OCCO2)CC1. The van der Waals surface area contributed by atoms with Crippen LogP contribution in [0.15, 0.2) is 27.6 Å². The maximum absolute atomic E-state index is 13.1. The molecule has 0 bridgehead atoms. The predicted octanol–water partition coefficient (Wildman–Crippen LogP) is 2.46. The minimum Gasteiger partial charge on any atom is -0.350 e. The Morgan fingerprint density at radius 1 is 1.04 bits per heavy atom. The maximum atomic E-state index is 13.1. The van der Waals surface area contributed by atoms with Crippen molar-refractivity contribution in [2.75, 3.05) is 39.4 Å². The zero-order valence-electron chi connectivity index (χ0n) is 15.7. The van der Waals surface area contributed by atoms with Gasteiger partial charge in [0, 0.05) is 36.6 Å². The van der Waals surface area contributed by atoms with Gasteiger partial charge in [0.25, 0.3) is 5.91 Å². The van der Waals surface area contributed by atoms with E-state index in [1.165, 1.54) is 10.4 Å². The minimum atomic E-state index is -3.55. The number of amides is 1. The van der Waals surface area contributed by atoms with Gasteiger partial charge < -0.3 is 14.4 Å². The molecule has 0 aliphatic carbocycles. The number of rotatable bonds is 4. The fourth-order valence-corrected chi connectivity index (χ4v) is 6.06. The topological polar surface area (TPSA) is 76.2 Å². The second-order valence-electron chi connectivity index (χ2n) is 7.49. The molecule has 0 aromatic heterocycles. The number of carbonyl (C=O) groups excluding carboxylic acids is 1. The lowest BCUT2D eigenvalue weighted by Crippen LogP contribution is -2.41. The zero-order valence-corrected chi connectivity index (χ0v) is 18.1. The highest BCUT2D eigenvalue weighted by Crippen LogP contribution is 2.29. The molecule has 1 aromatic rings. The summed E-state index contributed by atoms with van der Waals surface area (Å²) in [5.74, 6) is 0.161. The quantitative estimate of drug-likeness (QED) is 0.672. The Morgan fingerprint density at radius 3 is 2.32 bits per heavy atom. The van der Waals surface area contributed by atoms with Gasteiger partial charge in [0.05, 0.1) is 23.7 Å². The van der Waals surface area contributed by atoms with Crippen molar-refractivity contribution in [1.29, 1.82) is 0 Å². The number of likely N-dealkylation sites (tertiary alicyclic amines) is 1. The molecule has 0 spiro atoms. The van der Waals surface area contributed by atoms with Gasteiger partial charge in [0.15, 0.2) is 6.29 Å². The first kappa shape index (κ1) is 20.3. The van der Waals surface area contributed by atoms with E-state index in [9.17, 15) is 13.2 Å². The van der Waals surface area contributed by atoms with Crippen LogP contribution in [0.4, 0.5) is 0 Å². The summed E-state index contributed by atoms with van der Waals surface area (Å²) < 4.78 is 39.0.